The van der Waals surface area contributed by atoms with Gasteiger partial charge in [0.2, 0.25) is 15.9 Å². The van der Waals surface area contributed by atoms with Gasteiger partial charge in [0.05, 0.1) is 12.4 Å². The minimum atomic E-state index is -3.70. The van der Waals surface area contributed by atoms with Crippen LogP contribution in [0.1, 0.15) is 24.8 Å². The quantitative estimate of drug-likeness (QED) is 0.856. The first-order chi connectivity index (χ1) is 10.8. The molecule has 1 aliphatic heterocycles. The van der Waals surface area contributed by atoms with Crippen LogP contribution >= 0.6 is 0 Å². The Bertz CT molecular complexity index is 679. The molecule has 0 unspecified atom stereocenters. The fourth-order valence-electron chi connectivity index (χ4n) is 2.67. The summed E-state index contributed by atoms with van der Waals surface area (Å²) in [6.07, 6.45) is 0.917. The number of nitrogens with zero attached hydrogens (tertiary/aromatic N) is 1. The molecule has 128 valence electrons. The molecule has 1 heterocycles. The highest BCUT2D eigenvalue weighted by Gasteiger charge is 2.33. The highest BCUT2D eigenvalue weighted by atomic mass is 32.2. The Morgan fingerprint density at radius 1 is 1.39 bits per heavy atom. The van der Waals surface area contributed by atoms with Gasteiger partial charge in [-0.15, -0.1) is 0 Å². The van der Waals surface area contributed by atoms with Crippen LogP contribution in [0.3, 0.4) is 0 Å². The molecule has 1 amide bonds. The summed E-state index contributed by atoms with van der Waals surface area (Å²) in [5, 5.41) is 0. The van der Waals surface area contributed by atoms with Gasteiger partial charge < -0.3 is 4.90 Å². The molecule has 1 aromatic carbocycles. The number of hydrogen-bond donors (Lipinski definition) is 1. The number of sulfonamides is 1. The predicted molar refractivity (Wildman–Crippen MR) is 84.0 cm³/mol. The van der Waals surface area contributed by atoms with E-state index in [4.69, 9.17) is 0 Å². The number of benzene rings is 1. The lowest BCUT2D eigenvalue weighted by Crippen LogP contribution is -2.53. The predicted octanol–water partition coefficient (Wildman–Crippen LogP) is 1.91. The standard InChI is InChI=1S/C15H20F2N2O3S/c1-11-10-12(17)5-6-14(11)19-8-2-4-13(15(19)20)18-23(21,22)9-3-7-16/h5-6,10,13,18H,2-4,7-9H2,1H3/t13-/m1/s1. The molecule has 0 bridgehead atoms. The van der Waals surface area contributed by atoms with Crippen LogP contribution in [-0.2, 0) is 14.8 Å². The van der Waals surface area contributed by atoms with Gasteiger partial charge in [-0.1, -0.05) is 0 Å². The third-order valence-electron chi connectivity index (χ3n) is 3.76. The van der Waals surface area contributed by atoms with Crippen LogP contribution in [0, 0.1) is 12.7 Å². The van der Waals surface area contributed by atoms with E-state index in [2.05, 4.69) is 4.72 Å². The van der Waals surface area contributed by atoms with Crippen molar-refractivity contribution in [3.8, 4) is 0 Å². The molecule has 23 heavy (non-hydrogen) atoms. The number of piperidine rings is 1. The first-order valence-electron chi connectivity index (χ1n) is 7.47. The molecule has 1 N–H and O–H groups in total. The number of alkyl halides is 1. The van der Waals surface area contributed by atoms with Crippen molar-refractivity contribution in [1.29, 1.82) is 0 Å². The third kappa shape index (κ3) is 4.48. The maximum atomic E-state index is 13.2. The minimum Gasteiger partial charge on any atom is -0.311 e. The van der Waals surface area contributed by atoms with Crippen LogP contribution in [0.25, 0.3) is 0 Å². The molecule has 1 aliphatic rings. The summed E-state index contributed by atoms with van der Waals surface area (Å²) in [5.41, 5.74) is 1.18. The SMILES string of the molecule is Cc1cc(F)ccc1N1CCC[C@@H](NS(=O)(=O)CCCF)C1=O. The molecule has 5 nitrogen and oxygen atoms in total. The molecule has 0 aliphatic carbocycles. The number of carbonyl (C=O) groups excluding carboxylic acids is 1. The van der Waals surface area contributed by atoms with E-state index in [0.717, 1.165) is 0 Å². The summed E-state index contributed by atoms with van der Waals surface area (Å²) in [6, 6.07) is 3.25. The van der Waals surface area contributed by atoms with E-state index in [0.29, 0.717) is 30.6 Å². The number of halogens is 2. The molecule has 1 saturated heterocycles. The zero-order valence-corrected chi connectivity index (χ0v) is 13.7. The van der Waals surface area contributed by atoms with Crippen molar-refractivity contribution in [3.63, 3.8) is 0 Å². The molecule has 0 saturated carbocycles. The topological polar surface area (TPSA) is 66.5 Å². The zero-order chi connectivity index (χ0) is 17.0. The summed E-state index contributed by atoms with van der Waals surface area (Å²) in [4.78, 5) is 14.0. The van der Waals surface area contributed by atoms with Gasteiger partial charge in [-0.05, 0) is 49.9 Å². The van der Waals surface area contributed by atoms with E-state index in [9.17, 15) is 22.0 Å². The van der Waals surface area contributed by atoms with E-state index in [1.807, 2.05) is 0 Å². The average Bonchev–Trinajstić information content (AvgIpc) is 2.48. The summed E-state index contributed by atoms with van der Waals surface area (Å²) in [6.45, 7) is 1.43. The van der Waals surface area contributed by atoms with Crippen LogP contribution in [-0.4, -0.2) is 39.3 Å². The monoisotopic (exact) mass is 346 g/mol. The molecule has 0 radical (unpaired) electrons. The lowest BCUT2D eigenvalue weighted by molar-refractivity contribution is -0.121. The number of anilines is 1. The van der Waals surface area contributed by atoms with Gasteiger partial charge in [-0.25, -0.2) is 17.5 Å². The second kappa shape index (κ2) is 7.35. The van der Waals surface area contributed by atoms with Crippen molar-refractivity contribution >= 4 is 21.6 Å². The lowest BCUT2D eigenvalue weighted by atomic mass is 10.0. The maximum Gasteiger partial charge on any atom is 0.245 e. The number of rotatable bonds is 6. The first-order valence-corrected chi connectivity index (χ1v) is 9.13. The van der Waals surface area contributed by atoms with Crippen molar-refractivity contribution in [2.75, 3.05) is 23.9 Å². The zero-order valence-electron chi connectivity index (χ0n) is 12.9. The maximum absolute atomic E-state index is 13.2. The molecule has 8 heteroatoms. The van der Waals surface area contributed by atoms with Crippen molar-refractivity contribution in [2.45, 2.75) is 32.2 Å². The lowest BCUT2D eigenvalue weighted by Gasteiger charge is -2.33. The Labute approximate surface area is 134 Å². The number of hydrogen-bond acceptors (Lipinski definition) is 3. The van der Waals surface area contributed by atoms with Crippen LogP contribution in [0.15, 0.2) is 18.2 Å². The van der Waals surface area contributed by atoms with E-state index < -0.39 is 22.7 Å². The Kier molecular flexibility index (Phi) is 5.69. The van der Waals surface area contributed by atoms with E-state index >= 15 is 0 Å². The van der Waals surface area contributed by atoms with Gasteiger partial charge in [0.1, 0.15) is 11.9 Å². The van der Waals surface area contributed by atoms with Crippen molar-refractivity contribution in [3.05, 3.63) is 29.6 Å². The van der Waals surface area contributed by atoms with E-state index in [1.165, 1.54) is 23.1 Å². The van der Waals surface area contributed by atoms with Gasteiger partial charge in [-0.3, -0.25) is 9.18 Å². The van der Waals surface area contributed by atoms with Gasteiger partial charge >= 0.3 is 0 Å². The Morgan fingerprint density at radius 3 is 2.78 bits per heavy atom. The highest BCUT2D eigenvalue weighted by Crippen LogP contribution is 2.25. The van der Waals surface area contributed by atoms with E-state index in [1.54, 1.807) is 6.92 Å². The van der Waals surface area contributed by atoms with Crippen LogP contribution in [0.4, 0.5) is 14.5 Å². The Hall–Kier alpha value is -1.54. The van der Waals surface area contributed by atoms with Crippen molar-refractivity contribution < 1.29 is 22.0 Å². The molecular weight excluding hydrogens is 326 g/mol. The van der Waals surface area contributed by atoms with Crippen molar-refractivity contribution in [2.24, 2.45) is 0 Å². The van der Waals surface area contributed by atoms with Gasteiger partial charge in [0.25, 0.3) is 0 Å². The molecule has 0 spiro atoms. The average molecular weight is 346 g/mol. The largest absolute Gasteiger partial charge is 0.311 e. The molecule has 1 atom stereocenters. The van der Waals surface area contributed by atoms with E-state index in [-0.39, 0.29) is 23.9 Å². The van der Waals surface area contributed by atoms with Crippen LogP contribution in [0.5, 0.6) is 0 Å². The fraction of sp³-hybridized carbons (Fsp3) is 0.533. The molecule has 1 aromatic rings. The third-order valence-corrected chi connectivity index (χ3v) is 5.23. The Morgan fingerprint density at radius 2 is 2.13 bits per heavy atom. The number of carbonyl (C=O) groups is 1. The molecular formula is C15H20F2N2O3S. The fourth-order valence-corrected chi connectivity index (χ4v) is 3.92. The molecule has 2 rings (SSSR count). The van der Waals surface area contributed by atoms with Gasteiger partial charge in [-0.2, -0.15) is 0 Å². The van der Waals surface area contributed by atoms with Gasteiger partial charge in [0, 0.05) is 12.2 Å². The minimum absolute atomic E-state index is 0.100. The molecule has 1 fully saturated rings. The smallest absolute Gasteiger partial charge is 0.245 e. The summed E-state index contributed by atoms with van der Waals surface area (Å²) < 4.78 is 51.4. The second-order valence-corrected chi connectivity index (χ2v) is 7.47. The second-order valence-electron chi connectivity index (χ2n) is 5.59. The first kappa shape index (κ1) is 17.8. The number of nitrogens with one attached hydrogen (secondary N) is 1. The summed E-state index contributed by atoms with van der Waals surface area (Å²) >= 11 is 0. The summed E-state index contributed by atoms with van der Waals surface area (Å²) in [7, 11) is -3.70. The van der Waals surface area contributed by atoms with Crippen molar-refractivity contribution in [1.82, 2.24) is 4.72 Å². The summed E-state index contributed by atoms with van der Waals surface area (Å²) in [5.74, 6) is -1.10. The molecule has 0 aromatic heterocycles. The number of aryl methyl sites for hydroxylation is 1. The highest BCUT2D eigenvalue weighted by molar-refractivity contribution is 7.89. The van der Waals surface area contributed by atoms with Gasteiger partial charge in [0.15, 0.2) is 0 Å². The number of amides is 1. The van der Waals surface area contributed by atoms with Crippen LogP contribution in [0.2, 0.25) is 0 Å². The van der Waals surface area contributed by atoms with Crippen LogP contribution < -0.4 is 9.62 Å². The normalized spacial score (nSPS) is 19.2. The Balaban J connectivity index is 2.15.